The smallest absolute Gasteiger partial charge is 0.261 e. The minimum atomic E-state index is -0.162. The molecule has 0 atom stereocenters. The molecule has 5 nitrogen and oxygen atoms in total. The minimum Gasteiger partial charge on any atom is -0.274 e. The number of imide groups is 1. The third-order valence-electron chi connectivity index (χ3n) is 4.06. The van der Waals surface area contributed by atoms with Gasteiger partial charge in [-0.05, 0) is 31.4 Å². The number of fused-ring (bicyclic) bond motifs is 1. The second-order valence-corrected chi connectivity index (χ2v) is 5.67. The van der Waals surface area contributed by atoms with E-state index in [1.54, 1.807) is 42.9 Å². The summed E-state index contributed by atoms with van der Waals surface area (Å²) in [6.45, 7) is 0.498. The molecule has 0 fully saturated rings. The standard InChI is InChI=1S/C18H19N3O2/c22-17-15-8-4-5-9-16(15)18(23)21(17)12-6-2-1-3-7-14-13-19-10-11-20-14/h4-5,8-11,13H,1-3,6-7,12H2. The van der Waals surface area contributed by atoms with Crippen molar-refractivity contribution in [1.29, 1.82) is 0 Å². The summed E-state index contributed by atoms with van der Waals surface area (Å²) >= 11 is 0. The molecule has 2 heterocycles. The Balaban J connectivity index is 1.40. The molecule has 0 aliphatic carbocycles. The number of hydrogen-bond acceptors (Lipinski definition) is 4. The lowest BCUT2D eigenvalue weighted by atomic mass is 10.1. The first kappa shape index (κ1) is 15.3. The van der Waals surface area contributed by atoms with Crippen LogP contribution in [0.3, 0.4) is 0 Å². The fourth-order valence-corrected chi connectivity index (χ4v) is 2.83. The van der Waals surface area contributed by atoms with E-state index in [1.165, 1.54) is 4.90 Å². The zero-order valence-corrected chi connectivity index (χ0v) is 12.9. The number of hydrogen-bond donors (Lipinski definition) is 0. The summed E-state index contributed by atoms with van der Waals surface area (Å²) in [5, 5.41) is 0. The number of nitrogens with zero attached hydrogens (tertiary/aromatic N) is 3. The maximum absolute atomic E-state index is 12.2. The summed E-state index contributed by atoms with van der Waals surface area (Å²) in [4.78, 5) is 34.1. The Hall–Kier alpha value is -2.56. The summed E-state index contributed by atoms with van der Waals surface area (Å²) in [5.41, 5.74) is 2.06. The van der Waals surface area contributed by atoms with Crippen LogP contribution in [0.4, 0.5) is 0 Å². The molecular weight excluding hydrogens is 290 g/mol. The van der Waals surface area contributed by atoms with Crippen LogP contribution in [0.5, 0.6) is 0 Å². The summed E-state index contributed by atoms with van der Waals surface area (Å²) in [5.74, 6) is -0.324. The highest BCUT2D eigenvalue weighted by molar-refractivity contribution is 6.21. The molecule has 0 saturated carbocycles. The van der Waals surface area contributed by atoms with Crippen molar-refractivity contribution < 1.29 is 9.59 Å². The van der Waals surface area contributed by atoms with Gasteiger partial charge >= 0.3 is 0 Å². The van der Waals surface area contributed by atoms with E-state index in [2.05, 4.69) is 9.97 Å². The molecule has 0 bridgehead atoms. The molecule has 1 aromatic carbocycles. The molecule has 2 aromatic rings. The number of benzene rings is 1. The second-order valence-electron chi connectivity index (χ2n) is 5.67. The lowest BCUT2D eigenvalue weighted by molar-refractivity contribution is 0.0651. The average Bonchev–Trinajstić information content (AvgIpc) is 2.84. The van der Waals surface area contributed by atoms with Crippen LogP contribution in [-0.4, -0.2) is 33.2 Å². The van der Waals surface area contributed by atoms with Gasteiger partial charge in [-0.3, -0.25) is 24.5 Å². The third-order valence-corrected chi connectivity index (χ3v) is 4.06. The van der Waals surface area contributed by atoms with Crippen LogP contribution in [0.2, 0.25) is 0 Å². The predicted octanol–water partition coefficient (Wildman–Crippen LogP) is 2.88. The summed E-state index contributed by atoms with van der Waals surface area (Å²) in [6.07, 6.45) is 10.0. The normalized spacial score (nSPS) is 13.5. The predicted molar refractivity (Wildman–Crippen MR) is 86.0 cm³/mol. The lowest BCUT2D eigenvalue weighted by Crippen LogP contribution is -2.30. The Morgan fingerprint density at radius 3 is 2.22 bits per heavy atom. The fourth-order valence-electron chi connectivity index (χ4n) is 2.83. The molecule has 118 valence electrons. The van der Waals surface area contributed by atoms with Crippen molar-refractivity contribution in [3.8, 4) is 0 Å². The van der Waals surface area contributed by atoms with Gasteiger partial charge in [-0.25, -0.2) is 0 Å². The molecule has 1 aromatic heterocycles. The van der Waals surface area contributed by atoms with Gasteiger partial charge in [0, 0.05) is 25.1 Å². The quantitative estimate of drug-likeness (QED) is 0.583. The van der Waals surface area contributed by atoms with Gasteiger partial charge in [0.05, 0.1) is 16.8 Å². The SMILES string of the molecule is O=C1c2ccccc2C(=O)N1CCCCCCc1cnccn1. The number of aromatic nitrogens is 2. The highest BCUT2D eigenvalue weighted by Gasteiger charge is 2.34. The van der Waals surface area contributed by atoms with Crippen molar-refractivity contribution >= 4 is 11.8 Å². The van der Waals surface area contributed by atoms with E-state index < -0.39 is 0 Å². The number of rotatable bonds is 7. The molecule has 1 aliphatic heterocycles. The van der Waals surface area contributed by atoms with Crippen LogP contribution in [0.1, 0.15) is 52.1 Å². The van der Waals surface area contributed by atoms with Gasteiger partial charge in [0.2, 0.25) is 0 Å². The molecule has 5 heteroatoms. The Labute approximate surface area is 135 Å². The van der Waals surface area contributed by atoms with E-state index in [-0.39, 0.29) is 11.8 Å². The van der Waals surface area contributed by atoms with Crippen LogP contribution >= 0.6 is 0 Å². The number of unbranched alkanes of at least 4 members (excludes halogenated alkanes) is 3. The van der Waals surface area contributed by atoms with Crippen LogP contribution in [0.15, 0.2) is 42.9 Å². The fraction of sp³-hybridized carbons (Fsp3) is 0.333. The first-order valence-electron chi connectivity index (χ1n) is 7.97. The Bertz CT molecular complexity index is 665. The Kier molecular flexibility index (Phi) is 4.76. The van der Waals surface area contributed by atoms with Crippen LogP contribution in [0, 0.1) is 0 Å². The average molecular weight is 309 g/mol. The molecule has 23 heavy (non-hydrogen) atoms. The third kappa shape index (κ3) is 3.44. The van der Waals surface area contributed by atoms with E-state index in [1.807, 2.05) is 0 Å². The van der Waals surface area contributed by atoms with Crippen molar-refractivity contribution in [2.24, 2.45) is 0 Å². The number of amides is 2. The lowest BCUT2D eigenvalue weighted by Gasteiger charge is -2.13. The molecule has 0 radical (unpaired) electrons. The van der Waals surface area contributed by atoms with Crippen LogP contribution in [-0.2, 0) is 6.42 Å². The number of aryl methyl sites for hydroxylation is 1. The maximum atomic E-state index is 12.2. The zero-order valence-electron chi connectivity index (χ0n) is 12.9. The van der Waals surface area contributed by atoms with Crippen molar-refractivity contribution in [2.45, 2.75) is 32.1 Å². The highest BCUT2D eigenvalue weighted by atomic mass is 16.2. The van der Waals surface area contributed by atoms with E-state index in [4.69, 9.17) is 0 Å². The number of carbonyl (C=O) groups excluding carboxylic acids is 2. The molecule has 3 rings (SSSR count). The van der Waals surface area contributed by atoms with Gasteiger partial charge in [-0.2, -0.15) is 0 Å². The van der Waals surface area contributed by atoms with Crippen molar-refractivity contribution in [1.82, 2.24) is 14.9 Å². The van der Waals surface area contributed by atoms with E-state index in [9.17, 15) is 9.59 Å². The molecule has 0 unspecified atom stereocenters. The van der Waals surface area contributed by atoms with Crippen molar-refractivity contribution in [3.05, 3.63) is 59.7 Å². The monoisotopic (exact) mass is 309 g/mol. The largest absolute Gasteiger partial charge is 0.274 e. The molecule has 0 spiro atoms. The van der Waals surface area contributed by atoms with Crippen molar-refractivity contribution in [3.63, 3.8) is 0 Å². The van der Waals surface area contributed by atoms with Gasteiger partial charge in [0.25, 0.3) is 11.8 Å². The summed E-state index contributed by atoms with van der Waals surface area (Å²) < 4.78 is 0. The molecule has 0 saturated heterocycles. The second kappa shape index (κ2) is 7.13. The van der Waals surface area contributed by atoms with Crippen LogP contribution < -0.4 is 0 Å². The van der Waals surface area contributed by atoms with Gasteiger partial charge in [-0.15, -0.1) is 0 Å². The van der Waals surface area contributed by atoms with E-state index >= 15 is 0 Å². The Morgan fingerprint density at radius 2 is 1.57 bits per heavy atom. The first-order chi connectivity index (χ1) is 11.3. The van der Waals surface area contributed by atoms with Crippen molar-refractivity contribution in [2.75, 3.05) is 6.54 Å². The number of carbonyl (C=O) groups is 2. The van der Waals surface area contributed by atoms with Gasteiger partial charge in [-0.1, -0.05) is 25.0 Å². The molecular formula is C18H19N3O2. The molecule has 1 aliphatic rings. The topological polar surface area (TPSA) is 63.2 Å². The van der Waals surface area contributed by atoms with E-state index in [0.29, 0.717) is 17.7 Å². The van der Waals surface area contributed by atoms with E-state index in [0.717, 1.165) is 37.8 Å². The van der Waals surface area contributed by atoms with Gasteiger partial charge in [0.1, 0.15) is 0 Å². The first-order valence-corrected chi connectivity index (χ1v) is 7.97. The summed E-state index contributed by atoms with van der Waals surface area (Å²) in [6, 6.07) is 7.02. The van der Waals surface area contributed by atoms with Gasteiger partial charge in [0.15, 0.2) is 0 Å². The Morgan fingerprint density at radius 1 is 0.870 bits per heavy atom. The summed E-state index contributed by atoms with van der Waals surface area (Å²) in [7, 11) is 0. The maximum Gasteiger partial charge on any atom is 0.261 e. The van der Waals surface area contributed by atoms with Gasteiger partial charge < -0.3 is 0 Å². The molecule has 0 N–H and O–H groups in total. The minimum absolute atomic E-state index is 0.162. The molecule has 2 amide bonds. The van der Waals surface area contributed by atoms with Crippen LogP contribution in [0.25, 0.3) is 0 Å². The highest BCUT2D eigenvalue weighted by Crippen LogP contribution is 2.22. The zero-order chi connectivity index (χ0) is 16.1.